The number of halogens is 3. The summed E-state index contributed by atoms with van der Waals surface area (Å²) in [5.74, 6) is -0.828. The second-order valence-corrected chi connectivity index (χ2v) is 6.31. The fraction of sp³-hybridized carbons (Fsp3) is 0.111. The van der Waals surface area contributed by atoms with Crippen LogP contribution in [0.5, 0.6) is 0 Å². The van der Waals surface area contributed by atoms with Gasteiger partial charge in [-0.25, -0.2) is 4.98 Å². The van der Waals surface area contributed by atoms with E-state index in [0.29, 0.717) is 5.01 Å². The van der Waals surface area contributed by atoms with Gasteiger partial charge in [0.15, 0.2) is 6.04 Å². The largest absolute Gasteiger partial charge is 0.412 e. The minimum atomic E-state index is -4.58. The second-order valence-electron chi connectivity index (χ2n) is 5.25. The van der Waals surface area contributed by atoms with Gasteiger partial charge in [0, 0.05) is 6.08 Å². The molecule has 7 heteroatoms. The van der Waals surface area contributed by atoms with E-state index < -0.39 is 18.1 Å². The van der Waals surface area contributed by atoms with Crippen molar-refractivity contribution in [2.24, 2.45) is 0 Å². The Hall–Kier alpha value is -2.67. The van der Waals surface area contributed by atoms with Gasteiger partial charge in [-0.3, -0.25) is 4.79 Å². The highest BCUT2D eigenvalue weighted by Gasteiger charge is 2.41. The lowest BCUT2D eigenvalue weighted by Crippen LogP contribution is -2.37. The first-order valence-corrected chi connectivity index (χ1v) is 8.21. The average Bonchev–Trinajstić information content (AvgIpc) is 3.00. The lowest BCUT2D eigenvalue weighted by atomic mass is 10.1. The Morgan fingerprint density at radius 2 is 1.76 bits per heavy atom. The van der Waals surface area contributed by atoms with Crippen molar-refractivity contribution in [3.05, 3.63) is 71.2 Å². The molecule has 25 heavy (non-hydrogen) atoms. The molecular weight excluding hydrogens is 349 g/mol. The summed E-state index contributed by atoms with van der Waals surface area (Å²) >= 11 is 1.36. The number of benzene rings is 2. The molecule has 1 heterocycles. The van der Waals surface area contributed by atoms with Gasteiger partial charge in [-0.1, -0.05) is 42.5 Å². The minimum Gasteiger partial charge on any atom is -0.337 e. The van der Waals surface area contributed by atoms with Crippen LogP contribution in [-0.4, -0.2) is 17.1 Å². The Morgan fingerprint density at radius 1 is 1.08 bits per heavy atom. The molecule has 0 radical (unpaired) electrons. The molecule has 0 fully saturated rings. The Kier molecular flexibility index (Phi) is 4.85. The van der Waals surface area contributed by atoms with E-state index in [1.54, 1.807) is 6.07 Å². The summed E-state index contributed by atoms with van der Waals surface area (Å²) in [5.41, 5.74) is 0.766. The minimum absolute atomic E-state index is 0.0169. The number of nitrogens with one attached hydrogen (secondary N) is 1. The fourth-order valence-corrected chi connectivity index (χ4v) is 3.17. The van der Waals surface area contributed by atoms with Crippen LogP contribution in [-0.2, 0) is 4.79 Å². The van der Waals surface area contributed by atoms with Crippen LogP contribution < -0.4 is 5.32 Å². The van der Waals surface area contributed by atoms with Gasteiger partial charge in [-0.15, -0.1) is 11.3 Å². The first kappa shape index (κ1) is 17.2. The summed E-state index contributed by atoms with van der Waals surface area (Å²) < 4.78 is 40.6. The predicted molar refractivity (Wildman–Crippen MR) is 92.0 cm³/mol. The third-order valence-electron chi connectivity index (χ3n) is 3.43. The lowest BCUT2D eigenvalue weighted by molar-refractivity contribution is -0.162. The molecule has 0 aliphatic rings. The van der Waals surface area contributed by atoms with Crippen LogP contribution in [0.15, 0.2) is 60.7 Å². The van der Waals surface area contributed by atoms with Gasteiger partial charge in [-0.2, -0.15) is 13.2 Å². The van der Waals surface area contributed by atoms with E-state index in [0.717, 1.165) is 16.3 Å². The topological polar surface area (TPSA) is 42.0 Å². The van der Waals surface area contributed by atoms with Crippen molar-refractivity contribution in [3.63, 3.8) is 0 Å². The average molecular weight is 362 g/mol. The number of hydrogen-bond donors (Lipinski definition) is 1. The third-order valence-corrected chi connectivity index (χ3v) is 4.44. The normalized spacial score (nSPS) is 13.2. The van der Waals surface area contributed by atoms with Gasteiger partial charge >= 0.3 is 6.18 Å². The standard InChI is InChI=1S/C18H13F3N2OS/c19-18(20,21)17(12-6-2-1-3-7-12)23-15(24)10-11-16-22-13-8-4-5-9-14(13)25-16/h1-11,17H,(H,23,24)/b11-10+. The van der Waals surface area contributed by atoms with Crippen LogP contribution in [0, 0.1) is 0 Å². The number of aromatic nitrogens is 1. The Morgan fingerprint density at radius 3 is 2.44 bits per heavy atom. The number of fused-ring (bicyclic) bond motifs is 1. The molecule has 0 aliphatic heterocycles. The van der Waals surface area contributed by atoms with Crippen molar-refractivity contribution < 1.29 is 18.0 Å². The molecule has 0 bridgehead atoms. The number of rotatable bonds is 4. The molecule has 1 N–H and O–H groups in total. The zero-order chi connectivity index (χ0) is 17.9. The van der Waals surface area contributed by atoms with Gasteiger partial charge in [0.2, 0.25) is 5.91 Å². The highest BCUT2D eigenvalue weighted by atomic mass is 32.1. The number of alkyl halides is 3. The Bertz CT molecular complexity index is 870. The predicted octanol–water partition coefficient (Wildman–Crippen LogP) is 4.73. The zero-order valence-corrected chi connectivity index (χ0v) is 13.6. The number of para-hydroxylation sites is 1. The van der Waals surface area contributed by atoms with Crippen molar-refractivity contribution in [2.45, 2.75) is 12.2 Å². The smallest absolute Gasteiger partial charge is 0.337 e. The molecule has 1 unspecified atom stereocenters. The van der Waals surface area contributed by atoms with E-state index in [1.165, 1.54) is 41.7 Å². The number of carbonyl (C=O) groups excluding carboxylic acids is 1. The molecule has 1 aromatic heterocycles. The van der Waals surface area contributed by atoms with Gasteiger partial charge < -0.3 is 5.32 Å². The van der Waals surface area contributed by atoms with Crippen molar-refractivity contribution >= 4 is 33.5 Å². The molecule has 0 saturated carbocycles. The maximum atomic E-state index is 13.2. The highest BCUT2D eigenvalue weighted by Crippen LogP contribution is 2.32. The lowest BCUT2D eigenvalue weighted by Gasteiger charge is -2.21. The molecule has 128 valence electrons. The molecular formula is C18H13F3N2OS. The van der Waals surface area contributed by atoms with Crippen LogP contribution in [0.25, 0.3) is 16.3 Å². The first-order chi connectivity index (χ1) is 11.9. The molecule has 3 rings (SSSR count). The fourth-order valence-electron chi connectivity index (χ4n) is 2.30. The summed E-state index contributed by atoms with van der Waals surface area (Å²) in [5, 5.41) is 2.56. The third kappa shape index (κ3) is 4.24. The highest BCUT2D eigenvalue weighted by molar-refractivity contribution is 7.19. The summed E-state index contributed by atoms with van der Waals surface area (Å²) in [4.78, 5) is 16.2. The quantitative estimate of drug-likeness (QED) is 0.682. The van der Waals surface area contributed by atoms with Gasteiger partial charge in [0.1, 0.15) is 5.01 Å². The van der Waals surface area contributed by atoms with Crippen LogP contribution in [0.1, 0.15) is 16.6 Å². The molecule has 3 aromatic rings. The maximum Gasteiger partial charge on any atom is 0.412 e. The van der Waals surface area contributed by atoms with E-state index in [4.69, 9.17) is 0 Å². The van der Waals surface area contributed by atoms with Gasteiger partial charge in [0.05, 0.1) is 10.2 Å². The number of hydrogen-bond acceptors (Lipinski definition) is 3. The summed E-state index contributed by atoms with van der Waals surface area (Å²) in [7, 11) is 0. The van der Waals surface area contributed by atoms with E-state index in [-0.39, 0.29) is 5.56 Å². The molecule has 0 spiro atoms. The number of thiazole rings is 1. The molecule has 2 aromatic carbocycles. The van der Waals surface area contributed by atoms with E-state index in [9.17, 15) is 18.0 Å². The van der Waals surface area contributed by atoms with Crippen molar-refractivity contribution in [2.75, 3.05) is 0 Å². The van der Waals surface area contributed by atoms with E-state index in [1.807, 2.05) is 29.6 Å². The van der Waals surface area contributed by atoms with Crippen molar-refractivity contribution in [3.8, 4) is 0 Å². The van der Waals surface area contributed by atoms with Gasteiger partial charge in [0.25, 0.3) is 0 Å². The Labute approximate surface area is 145 Å². The summed E-state index contributed by atoms with van der Waals surface area (Å²) in [6.45, 7) is 0. The number of carbonyl (C=O) groups is 1. The monoisotopic (exact) mass is 362 g/mol. The van der Waals surface area contributed by atoms with E-state index >= 15 is 0 Å². The number of amides is 1. The number of nitrogens with zero attached hydrogens (tertiary/aromatic N) is 1. The second kappa shape index (κ2) is 7.06. The zero-order valence-electron chi connectivity index (χ0n) is 12.8. The first-order valence-electron chi connectivity index (χ1n) is 7.39. The molecule has 0 aliphatic carbocycles. The van der Waals surface area contributed by atoms with Crippen LogP contribution in [0.2, 0.25) is 0 Å². The SMILES string of the molecule is O=C(/C=C/c1nc2ccccc2s1)NC(c1ccccc1)C(F)(F)F. The molecule has 0 saturated heterocycles. The summed E-state index contributed by atoms with van der Waals surface area (Å²) in [6, 6.07) is 12.6. The van der Waals surface area contributed by atoms with Crippen LogP contribution in [0.4, 0.5) is 13.2 Å². The molecule has 1 amide bonds. The summed E-state index contributed by atoms with van der Waals surface area (Å²) in [6.07, 6.45) is -2.10. The van der Waals surface area contributed by atoms with Crippen molar-refractivity contribution in [1.82, 2.24) is 10.3 Å². The Balaban J connectivity index is 1.75. The van der Waals surface area contributed by atoms with E-state index in [2.05, 4.69) is 4.98 Å². The molecule has 3 nitrogen and oxygen atoms in total. The van der Waals surface area contributed by atoms with Crippen molar-refractivity contribution in [1.29, 1.82) is 0 Å². The van der Waals surface area contributed by atoms with Crippen LogP contribution in [0.3, 0.4) is 0 Å². The molecule has 1 atom stereocenters. The van der Waals surface area contributed by atoms with Gasteiger partial charge in [-0.05, 0) is 23.8 Å². The maximum absolute atomic E-state index is 13.2. The van der Waals surface area contributed by atoms with Crippen LogP contribution >= 0.6 is 11.3 Å².